The molecule has 1 aromatic carbocycles. The summed E-state index contributed by atoms with van der Waals surface area (Å²) in [7, 11) is 0. The number of carbonyl (C=O) groups excluding carboxylic acids is 1. The largest absolute Gasteiger partial charge is 0.357 e. The van der Waals surface area contributed by atoms with Crippen LogP contribution in [0.5, 0.6) is 0 Å². The van der Waals surface area contributed by atoms with Crippen LogP contribution >= 0.6 is 35.6 Å². The van der Waals surface area contributed by atoms with Crippen molar-refractivity contribution in [2.45, 2.75) is 46.2 Å². The van der Waals surface area contributed by atoms with E-state index in [1.165, 1.54) is 12.1 Å². The average molecular weight is 554 g/mol. The van der Waals surface area contributed by atoms with Gasteiger partial charge in [0.1, 0.15) is 5.82 Å². The average Bonchev–Trinajstić information content (AvgIpc) is 2.67. The van der Waals surface area contributed by atoms with Gasteiger partial charge in [0.2, 0.25) is 5.91 Å². The zero-order valence-corrected chi connectivity index (χ0v) is 21.1. The van der Waals surface area contributed by atoms with Crippen molar-refractivity contribution in [3.63, 3.8) is 0 Å². The van der Waals surface area contributed by atoms with Gasteiger partial charge in [-0.1, -0.05) is 31.5 Å². The fourth-order valence-electron chi connectivity index (χ4n) is 3.27. The highest BCUT2D eigenvalue weighted by Crippen LogP contribution is 2.21. The van der Waals surface area contributed by atoms with Crippen molar-refractivity contribution in [3.8, 4) is 0 Å². The van der Waals surface area contributed by atoms with Crippen LogP contribution in [0.3, 0.4) is 0 Å². The predicted molar refractivity (Wildman–Crippen MR) is 132 cm³/mol. The minimum atomic E-state index is -0.312. The Balaban J connectivity index is 0.00000450. The van der Waals surface area contributed by atoms with E-state index >= 15 is 0 Å². The fraction of sp³-hybridized carbons (Fsp3) is 0.619. The zero-order valence-electron chi connectivity index (χ0n) is 18.0. The maximum Gasteiger partial charge on any atom is 0.222 e. The van der Waals surface area contributed by atoms with E-state index in [0.29, 0.717) is 24.7 Å². The molecule has 0 saturated carbocycles. The maximum atomic E-state index is 13.3. The molecule has 0 aromatic heterocycles. The first kappa shape index (κ1) is 26.9. The molecule has 0 aliphatic carbocycles. The van der Waals surface area contributed by atoms with Gasteiger partial charge < -0.3 is 16.0 Å². The van der Waals surface area contributed by atoms with Gasteiger partial charge in [-0.05, 0) is 44.0 Å². The first-order chi connectivity index (χ1) is 13.9. The number of piperidine rings is 1. The highest BCUT2D eigenvalue weighted by Gasteiger charge is 2.21. The number of carbonyl (C=O) groups is 1. The molecule has 1 saturated heterocycles. The molecule has 3 N–H and O–H groups in total. The first-order valence-corrected chi connectivity index (χ1v) is 10.8. The van der Waals surface area contributed by atoms with Crippen molar-refractivity contribution < 1.29 is 9.18 Å². The van der Waals surface area contributed by atoms with E-state index in [1.54, 1.807) is 6.07 Å². The lowest BCUT2D eigenvalue weighted by Gasteiger charge is -2.34. The van der Waals surface area contributed by atoms with Gasteiger partial charge in [0.25, 0.3) is 0 Å². The molecule has 0 radical (unpaired) electrons. The molecule has 0 bridgehead atoms. The first-order valence-electron chi connectivity index (χ1n) is 10.4. The zero-order chi connectivity index (χ0) is 21.2. The molecule has 1 amide bonds. The van der Waals surface area contributed by atoms with Crippen LogP contribution < -0.4 is 16.0 Å². The van der Waals surface area contributed by atoms with Crippen molar-refractivity contribution in [1.82, 2.24) is 20.9 Å². The number of hydrogen-bond acceptors (Lipinski definition) is 3. The number of halogens is 3. The number of hydrogen-bond donors (Lipinski definition) is 3. The van der Waals surface area contributed by atoms with E-state index in [2.05, 4.69) is 25.8 Å². The Morgan fingerprint density at radius 1 is 1.37 bits per heavy atom. The Morgan fingerprint density at radius 2 is 2.13 bits per heavy atom. The topological polar surface area (TPSA) is 68.8 Å². The van der Waals surface area contributed by atoms with Gasteiger partial charge in [-0.2, -0.15) is 0 Å². The summed E-state index contributed by atoms with van der Waals surface area (Å²) in [4.78, 5) is 18.5. The van der Waals surface area contributed by atoms with Crippen LogP contribution in [0.1, 0.15) is 39.2 Å². The molecule has 1 unspecified atom stereocenters. The summed E-state index contributed by atoms with van der Waals surface area (Å²) in [6.07, 6.45) is 2.13. The molecule has 6 nitrogen and oxygen atoms in total. The summed E-state index contributed by atoms with van der Waals surface area (Å²) in [6.45, 7) is 10.1. The Labute approximate surface area is 201 Å². The standard InChI is InChI=1S/C21H33ClFN5O.HI/c1-4-24-21(26-10-9-25-20(29)15(2)3)27-18-6-5-11-28(14-18)13-16-7-8-17(23)12-19(16)22;/h7-8,12,15,18H,4-6,9-11,13-14H2,1-3H3,(H,25,29)(H2,24,26,27);1H. The molecule has 1 aliphatic rings. The number of nitrogens with one attached hydrogen (secondary N) is 3. The van der Waals surface area contributed by atoms with E-state index < -0.39 is 0 Å². The Hall–Kier alpha value is -1.13. The van der Waals surface area contributed by atoms with Crippen LogP contribution in [0, 0.1) is 11.7 Å². The monoisotopic (exact) mass is 553 g/mol. The number of guanidine groups is 1. The summed E-state index contributed by atoms with van der Waals surface area (Å²) >= 11 is 6.18. The lowest BCUT2D eigenvalue weighted by molar-refractivity contribution is -0.123. The number of likely N-dealkylation sites (tertiary alicyclic amines) is 1. The highest BCUT2D eigenvalue weighted by molar-refractivity contribution is 14.0. The molecule has 1 aliphatic heterocycles. The number of rotatable bonds is 8. The van der Waals surface area contributed by atoms with Gasteiger partial charge >= 0.3 is 0 Å². The number of benzene rings is 1. The predicted octanol–water partition coefficient (Wildman–Crippen LogP) is 3.39. The van der Waals surface area contributed by atoms with Crippen molar-refractivity contribution in [2.75, 3.05) is 32.7 Å². The quantitative estimate of drug-likeness (QED) is 0.200. The minimum absolute atomic E-state index is 0. The number of nitrogens with zero attached hydrogens (tertiary/aromatic N) is 2. The molecule has 1 heterocycles. The normalized spacial score (nSPS) is 17.4. The second-order valence-electron chi connectivity index (χ2n) is 7.66. The van der Waals surface area contributed by atoms with E-state index in [-0.39, 0.29) is 47.7 Å². The highest BCUT2D eigenvalue weighted by atomic mass is 127. The van der Waals surface area contributed by atoms with Gasteiger partial charge in [0.15, 0.2) is 5.96 Å². The van der Waals surface area contributed by atoms with Crippen molar-refractivity contribution in [2.24, 2.45) is 10.9 Å². The molecule has 2 rings (SSSR count). The van der Waals surface area contributed by atoms with Crippen LogP contribution in [-0.4, -0.2) is 55.5 Å². The number of aliphatic imine (C=N–C) groups is 1. The molecule has 9 heteroatoms. The Morgan fingerprint density at radius 3 is 2.80 bits per heavy atom. The fourth-order valence-corrected chi connectivity index (χ4v) is 3.50. The summed E-state index contributed by atoms with van der Waals surface area (Å²) < 4.78 is 13.3. The van der Waals surface area contributed by atoms with Crippen LogP contribution in [-0.2, 0) is 11.3 Å². The van der Waals surface area contributed by atoms with Gasteiger partial charge in [0, 0.05) is 43.2 Å². The van der Waals surface area contributed by atoms with Gasteiger partial charge in [0.05, 0.1) is 6.54 Å². The number of amides is 1. The SMILES string of the molecule is CCNC(=NCCNC(=O)C(C)C)NC1CCCN(Cc2ccc(F)cc2Cl)C1.I. The molecule has 30 heavy (non-hydrogen) atoms. The summed E-state index contributed by atoms with van der Waals surface area (Å²) in [5.41, 5.74) is 0.940. The second kappa shape index (κ2) is 14.0. The summed E-state index contributed by atoms with van der Waals surface area (Å²) in [6, 6.07) is 4.84. The summed E-state index contributed by atoms with van der Waals surface area (Å²) in [5.74, 6) is 0.472. The Bertz CT molecular complexity index is 704. The van der Waals surface area contributed by atoms with Crippen LogP contribution in [0.4, 0.5) is 4.39 Å². The molecular weight excluding hydrogens is 520 g/mol. The second-order valence-corrected chi connectivity index (χ2v) is 8.07. The van der Waals surface area contributed by atoms with E-state index in [1.807, 2.05) is 20.8 Å². The molecular formula is C21H34ClFIN5O. The van der Waals surface area contributed by atoms with Gasteiger partial charge in [-0.15, -0.1) is 24.0 Å². The molecule has 1 fully saturated rings. The van der Waals surface area contributed by atoms with Crippen molar-refractivity contribution >= 4 is 47.4 Å². The lowest BCUT2D eigenvalue weighted by atomic mass is 10.0. The van der Waals surface area contributed by atoms with Crippen molar-refractivity contribution in [3.05, 3.63) is 34.6 Å². The Kier molecular flexibility index (Phi) is 12.6. The lowest BCUT2D eigenvalue weighted by Crippen LogP contribution is -2.51. The third kappa shape index (κ3) is 9.34. The molecule has 1 atom stereocenters. The molecule has 1 aromatic rings. The van der Waals surface area contributed by atoms with Crippen LogP contribution in [0.25, 0.3) is 0 Å². The summed E-state index contributed by atoms with van der Waals surface area (Å²) in [5, 5.41) is 10.1. The molecule has 0 spiro atoms. The van der Waals surface area contributed by atoms with E-state index in [0.717, 1.165) is 44.0 Å². The van der Waals surface area contributed by atoms with Gasteiger partial charge in [-0.25, -0.2) is 4.39 Å². The van der Waals surface area contributed by atoms with E-state index in [9.17, 15) is 9.18 Å². The van der Waals surface area contributed by atoms with Gasteiger partial charge in [-0.3, -0.25) is 14.7 Å². The third-order valence-electron chi connectivity index (χ3n) is 4.80. The smallest absolute Gasteiger partial charge is 0.222 e. The van der Waals surface area contributed by atoms with Crippen molar-refractivity contribution in [1.29, 1.82) is 0 Å². The third-order valence-corrected chi connectivity index (χ3v) is 5.16. The minimum Gasteiger partial charge on any atom is -0.357 e. The maximum absolute atomic E-state index is 13.3. The van der Waals surface area contributed by atoms with Crippen LogP contribution in [0.2, 0.25) is 5.02 Å². The van der Waals surface area contributed by atoms with Crippen LogP contribution in [0.15, 0.2) is 23.2 Å². The van der Waals surface area contributed by atoms with E-state index in [4.69, 9.17) is 11.6 Å². The molecule has 170 valence electrons.